The molecule has 0 radical (unpaired) electrons. The van der Waals surface area contributed by atoms with Crippen molar-refractivity contribution in [1.82, 2.24) is 15.3 Å². The third-order valence-corrected chi connectivity index (χ3v) is 4.52. The van der Waals surface area contributed by atoms with E-state index < -0.39 is 24.0 Å². The van der Waals surface area contributed by atoms with Crippen LogP contribution in [0.2, 0.25) is 0 Å². The van der Waals surface area contributed by atoms with Crippen molar-refractivity contribution in [2.24, 2.45) is 22.2 Å². The number of nitrogens with one attached hydrogen (secondary N) is 2. The summed E-state index contributed by atoms with van der Waals surface area (Å²) in [6.45, 7) is 0.333. The molecular formula is C20H29N7O4. The molecule has 0 saturated heterocycles. The quantitative estimate of drug-likeness (QED) is 0.138. The first-order valence-corrected chi connectivity index (χ1v) is 9.71. The van der Waals surface area contributed by atoms with E-state index in [1.807, 2.05) is 24.3 Å². The predicted molar refractivity (Wildman–Crippen MR) is 116 cm³/mol. The van der Waals surface area contributed by atoms with E-state index in [0.717, 1.165) is 11.3 Å². The SMILES string of the molecule is COC(=O)[C@H](CCCN=C(N)N)NC(=O)[C@@H](N)Cc1cnc(-c2ccc(OC)cc2)[nH]1. The number of H-pyrrole nitrogens is 1. The highest BCUT2D eigenvalue weighted by Gasteiger charge is 2.24. The zero-order valence-corrected chi connectivity index (χ0v) is 17.6. The Hall–Kier alpha value is -3.60. The fourth-order valence-corrected chi connectivity index (χ4v) is 2.86. The number of guanidine groups is 1. The number of aliphatic imine (C=N–C) groups is 1. The molecule has 31 heavy (non-hydrogen) atoms. The lowest BCUT2D eigenvalue weighted by atomic mass is 10.1. The first kappa shape index (κ1) is 23.7. The smallest absolute Gasteiger partial charge is 0.328 e. The number of nitrogens with two attached hydrogens (primary N) is 3. The number of nitrogens with zero attached hydrogens (tertiary/aromatic N) is 2. The van der Waals surface area contributed by atoms with Crippen LogP contribution >= 0.6 is 0 Å². The largest absolute Gasteiger partial charge is 0.497 e. The Labute approximate surface area is 180 Å². The Kier molecular flexibility index (Phi) is 8.82. The molecule has 1 aromatic carbocycles. The minimum absolute atomic E-state index is 0.0331. The minimum atomic E-state index is -0.881. The van der Waals surface area contributed by atoms with Gasteiger partial charge < -0.3 is 37.0 Å². The molecule has 1 heterocycles. The molecule has 0 saturated carbocycles. The number of aromatic nitrogens is 2. The van der Waals surface area contributed by atoms with Gasteiger partial charge in [0.1, 0.15) is 17.6 Å². The molecule has 168 valence electrons. The van der Waals surface area contributed by atoms with Gasteiger partial charge in [-0.2, -0.15) is 0 Å². The Morgan fingerprint density at radius 3 is 2.55 bits per heavy atom. The average molecular weight is 431 g/mol. The molecule has 8 N–H and O–H groups in total. The summed E-state index contributed by atoms with van der Waals surface area (Å²) >= 11 is 0. The predicted octanol–water partition coefficient (Wildman–Crippen LogP) is -0.333. The third kappa shape index (κ3) is 7.30. The Bertz CT molecular complexity index is 891. The van der Waals surface area contributed by atoms with Crippen molar-refractivity contribution >= 4 is 17.8 Å². The van der Waals surface area contributed by atoms with Gasteiger partial charge in [-0.1, -0.05) is 0 Å². The summed E-state index contributed by atoms with van der Waals surface area (Å²) < 4.78 is 9.90. The molecule has 0 unspecified atom stereocenters. The molecule has 0 fully saturated rings. The van der Waals surface area contributed by atoms with Gasteiger partial charge in [-0.25, -0.2) is 9.78 Å². The number of aromatic amines is 1. The first-order valence-electron chi connectivity index (χ1n) is 9.71. The maximum Gasteiger partial charge on any atom is 0.328 e. The van der Waals surface area contributed by atoms with Gasteiger partial charge in [-0.05, 0) is 37.1 Å². The number of rotatable bonds is 11. The van der Waals surface area contributed by atoms with Crippen LogP contribution in [-0.2, 0) is 20.7 Å². The summed E-state index contributed by atoms with van der Waals surface area (Å²) in [7, 11) is 2.85. The van der Waals surface area contributed by atoms with E-state index in [2.05, 4.69) is 20.3 Å². The number of methoxy groups -OCH3 is 2. The zero-order valence-electron chi connectivity index (χ0n) is 17.6. The van der Waals surface area contributed by atoms with E-state index in [9.17, 15) is 9.59 Å². The summed E-state index contributed by atoms with van der Waals surface area (Å²) in [5.74, 6) is 0.325. The molecule has 0 aliphatic heterocycles. The van der Waals surface area contributed by atoms with E-state index in [4.69, 9.17) is 26.7 Å². The number of ether oxygens (including phenoxy) is 2. The molecular weight excluding hydrogens is 402 g/mol. The Morgan fingerprint density at radius 2 is 1.94 bits per heavy atom. The van der Waals surface area contributed by atoms with Crippen LogP contribution in [0.15, 0.2) is 35.5 Å². The van der Waals surface area contributed by atoms with E-state index in [0.29, 0.717) is 30.9 Å². The van der Waals surface area contributed by atoms with Crippen LogP contribution in [0.5, 0.6) is 5.75 Å². The molecule has 11 heteroatoms. The standard InChI is InChI=1S/C20H29N7O4/c1-30-14-7-5-12(6-8-14)17-25-11-13(26-17)10-15(21)18(28)27-16(19(29)31-2)4-3-9-24-20(22)23/h5-8,11,15-16H,3-4,9-10,21H2,1-2H3,(H,25,26)(H,27,28)(H4,22,23,24)/t15-,16-/m0/s1. The molecule has 0 bridgehead atoms. The highest BCUT2D eigenvalue weighted by atomic mass is 16.5. The summed E-state index contributed by atoms with van der Waals surface area (Å²) in [5.41, 5.74) is 18.2. The molecule has 1 amide bonds. The van der Waals surface area contributed by atoms with E-state index in [-0.39, 0.29) is 12.4 Å². The molecule has 0 aliphatic carbocycles. The normalized spacial score (nSPS) is 12.5. The van der Waals surface area contributed by atoms with Gasteiger partial charge in [0.15, 0.2) is 5.96 Å². The van der Waals surface area contributed by atoms with Crippen molar-refractivity contribution in [3.05, 3.63) is 36.2 Å². The van der Waals surface area contributed by atoms with Gasteiger partial charge in [0.2, 0.25) is 5.91 Å². The number of hydrogen-bond donors (Lipinski definition) is 5. The van der Waals surface area contributed by atoms with Crippen LogP contribution in [-0.4, -0.2) is 60.7 Å². The maximum atomic E-state index is 12.5. The fraction of sp³-hybridized carbons (Fsp3) is 0.400. The van der Waals surface area contributed by atoms with Crippen LogP contribution < -0.4 is 27.3 Å². The van der Waals surface area contributed by atoms with Gasteiger partial charge in [-0.15, -0.1) is 0 Å². The monoisotopic (exact) mass is 431 g/mol. The van der Waals surface area contributed by atoms with Crippen LogP contribution in [0.3, 0.4) is 0 Å². The minimum Gasteiger partial charge on any atom is -0.497 e. The lowest BCUT2D eigenvalue weighted by Gasteiger charge is -2.18. The molecule has 2 rings (SSSR count). The zero-order chi connectivity index (χ0) is 22.8. The topological polar surface area (TPSA) is 184 Å². The van der Waals surface area contributed by atoms with Crippen molar-refractivity contribution in [2.75, 3.05) is 20.8 Å². The van der Waals surface area contributed by atoms with Crippen molar-refractivity contribution in [3.63, 3.8) is 0 Å². The maximum absolute atomic E-state index is 12.5. The van der Waals surface area contributed by atoms with Crippen LogP contribution in [0, 0.1) is 0 Å². The van der Waals surface area contributed by atoms with Crippen LogP contribution in [0.4, 0.5) is 0 Å². The third-order valence-electron chi connectivity index (χ3n) is 4.52. The van der Waals surface area contributed by atoms with Crippen molar-refractivity contribution in [1.29, 1.82) is 0 Å². The second-order valence-electron chi connectivity index (χ2n) is 6.83. The number of carbonyl (C=O) groups is 2. The number of benzene rings is 1. The molecule has 11 nitrogen and oxygen atoms in total. The Morgan fingerprint density at radius 1 is 1.23 bits per heavy atom. The second kappa shape index (κ2) is 11.6. The van der Waals surface area contributed by atoms with Gasteiger partial charge in [0.05, 0.1) is 20.3 Å². The van der Waals surface area contributed by atoms with E-state index in [1.165, 1.54) is 7.11 Å². The van der Waals surface area contributed by atoms with Crippen LogP contribution in [0.1, 0.15) is 18.5 Å². The lowest BCUT2D eigenvalue weighted by molar-refractivity contribution is -0.145. The van der Waals surface area contributed by atoms with Gasteiger partial charge in [0.25, 0.3) is 0 Å². The van der Waals surface area contributed by atoms with E-state index >= 15 is 0 Å². The van der Waals surface area contributed by atoms with Gasteiger partial charge in [-0.3, -0.25) is 9.79 Å². The Balaban J connectivity index is 1.94. The molecule has 0 aliphatic rings. The molecule has 2 aromatic rings. The highest BCUT2D eigenvalue weighted by Crippen LogP contribution is 2.20. The molecule has 0 spiro atoms. The summed E-state index contributed by atoms with van der Waals surface area (Å²) in [6.07, 6.45) is 2.64. The highest BCUT2D eigenvalue weighted by molar-refractivity contribution is 5.87. The van der Waals surface area contributed by atoms with E-state index in [1.54, 1.807) is 13.3 Å². The summed E-state index contributed by atoms with van der Waals surface area (Å²) in [6, 6.07) is 5.69. The first-order chi connectivity index (χ1) is 14.8. The molecule has 1 aromatic heterocycles. The van der Waals surface area contributed by atoms with Crippen molar-refractivity contribution in [3.8, 4) is 17.1 Å². The number of hydrogen-bond acceptors (Lipinski definition) is 7. The number of carbonyl (C=O) groups excluding carboxylic acids is 2. The van der Waals surface area contributed by atoms with Crippen molar-refractivity contribution in [2.45, 2.75) is 31.3 Å². The number of esters is 1. The number of amides is 1. The average Bonchev–Trinajstić information content (AvgIpc) is 3.23. The molecule has 2 atom stereocenters. The van der Waals surface area contributed by atoms with Gasteiger partial charge in [0, 0.05) is 30.4 Å². The van der Waals surface area contributed by atoms with Crippen LogP contribution in [0.25, 0.3) is 11.4 Å². The lowest BCUT2D eigenvalue weighted by Crippen LogP contribution is -2.49. The summed E-state index contributed by atoms with van der Waals surface area (Å²) in [5, 5.41) is 2.63. The second-order valence-corrected chi connectivity index (χ2v) is 6.83. The fourth-order valence-electron chi connectivity index (χ4n) is 2.86. The summed E-state index contributed by atoms with van der Waals surface area (Å²) in [4.78, 5) is 35.8. The van der Waals surface area contributed by atoms with Gasteiger partial charge >= 0.3 is 5.97 Å². The number of imidazole rings is 1. The van der Waals surface area contributed by atoms with Crippen molar-refractivity contribution < 1.29 is 19.1 Å².